The van der Waals surface area contributed by atoms with Crippen molar-refractivity contribution in [1.29, 1.82) is 0 Å². The van der Waals surface area contributed by atoms with E-state index < -0.39 is 13.2 Å². The monoisotopic (exact) mass is 213 g/mol. The van der Waals surface area contributed by atoms with Crippen LogP contribution < -0.4 is 9.38 Å². The molecule has 3 N–H and O–H groups in total. The second-order valence-electron chi connectivity index (χ2n) is 2.38. The van der Waals surface area contributed by atoms with Crippen molar-refractivity contribution in [2.24, 2.45) is 0 Å². The highest BCUT2D eigenvalue weighted by Crippen LogP contribution is 2.17. The van der Waals surface area contributed by atoms with Crippen LogP contribution in [0.4, 0.5) is 0 Å². The normalized spacial score (nSPS) is 9.36. The van der Waals surface area contributed by atoms with E-state index in [2.05, 4.69) is 22.2 Å². The van der Waals surface area contributed by atoms with Gasteiger partial charge in [0, 0.05) is 0 Å². The summed E-state index contributed by atoms with van der Waals surface area (Å²) in [4.78, 5) is 11.2. The van der Waals surface area contributed by atoms with Crippen LogP contribution in [0.25, 0.3) is 0 Å². The van der Waals surface area contributed by atoms with Gasteiger partial charge in [0.25, 0.3) is 5.91 Å². The Morgan fingerprint density at radius 3 is 2.64 bits per heavy atom. The number of hydrogen-bond donors (Lipinski definition) is 4. The van der Waals surface area contributed by atoms with Gasteiger partial charge in [-0.25, -0.2) is 0 Å². The van der Waals surface area contributed by atoms with Crippen LogP contribution in [0.1, 0.15) is 10.4 Å². The molecule has 0 aliphatic rings. The van der Waals surface area contributed by atoms with Crippen molar-refractivity contribution in [1.82, 2.24) is 4.72 Å². The summed E-state index contributed by atoms with van der Waals surface area (Å²) in [6, 6.07) is 6.14. The van der Waals surface area contributed by atoms with Gasteiger partial charge in [-0.15, -0.1) is 0 Å². The first kappa shape index (κ1) is 10.9. The van der Waals surface area contributed by atoms with Crippen molar-refractivity contribution < 1.29 is 19.5 Å². The van der Waals surface area contributed by atoms with Gasteiger partial charge in [0.05, 0.1) is 5.56 Å². The largest absolute Gasteiger partial charge is 0.707 e. The van der Waals surface area contributed by atoms with Crippen LogP contribution in [0.5, 0.6) is 5.75 Å². The van der Waals surface area contributed by atoms with Crippen LogP contribution in [0, 0.1) is 0 Å². The van der Waals surface area contributed by atoms with E-state index in [0.29, 0.717) is 0 Å². The fourth-order valence-corrected chi connectivity index (χ4v) is 1.05. The molecule has 0 atom stereocenters. The van der Waals surface area contributed by atoms with Crippen molar-refractivity contribution in [3.05, 3.63) is 29.8 Å². The van der Waals surface area contributed by atoms with Gasteiger partial charge in [-0.1, -0.05) is 24.9 Å². The molecule has 5 nitrogen and oxygen atoms in total. The van der Waals surface area contributed by atoms with Crippen LogP contribution in [0.3, 0.4) is 0 Å². The van der Waals surface area contributed by atoms with Crippen LogP contribution in [-0.2, 0) is 0 Å². The Labute approximate surface area is 86.4 Å². The molecule has 0 aromatic heterocycles. The third-order valence-electron chi connectivity index (χ3n) is 1.47. The average molecular weight is 213 g/mol. The number of rotatable bonds is 3. The second kappa shape index (κ2) is 4.89. The Hall–Kier alpha value is -1.18. The number of hydrogen-bond acceptors (Lipinski definition) is 5. The first-order chi connectivity index (χ1) is 6.65. The van der Waals surface area contributed by atoms with Gasteiger partial charge in [-0.3, -0.25) is 9.52 Å². The first-order valence-electron chi connectivity index (χ1n) is 3.71. The number of benzene rings is 1. The molecular formula is C7H8BNO4S. The number of amides is 1. The maximum Gasteiger partial charge on any atom is 0.707 e. The zero-order valence-corrected chi connectivity index (χ0v) is 7.94. The van der Waals surface area contributed by atoms with Crippen molar-refractivity contribution >= 4 is 26.0 Å². The fraction of sp³-hybridized carbons (Fsp3) is 0. The predicted molar refractivity (Wildman–Crippen MR) is 53.7 cm³/mol. The summed E-state index contributed by atoms with van der Waals surface area (Å²) in [5, 5.41) is 17.1. The first-order valence-corrected chi connectivity index (χ1v) is 4.16. The van der Waals surface area contributed by atoms with E-state index in [1.54, 1.807) is 12.1 Å². The molecule has 1 amide bonds. The summed E-state index contributed by atoms with van der Waals surface area (Å²) in [7, 11) is -1.95. The maximum atomic E-state index is 11.2. The third-order valence-corrected chi connectivity index (χ3v) is 1.67. The highest BCUT2D eigenvalue weighted by Gasteiger charge is 2.16. The Kier molecular flexibility index (Phi) is 3.81. The molecule has 0 radical (unpaired) electrons. The van der Waals surface area contributed by atoms with E-state index in [4.69, 9.17) is 10.0 Å². The summed E-state index contributed by atoms with van der Waals surface area (Å²) in [5.74, 6) is -0.404. The molecule has 0 aliphatic carbocycles. The van der Waals surface area contributed by atoms with Gasteiger partial charge < -0.3 is 14.7 Å². The SMILES string of the molecule is O=C(NS)c1ccccc1OB(O)O. The number of thiol groups is 1. The molecule has 0 spiro atoms. The van der Waals surface area contributed by atoms with Gasteiger partial charge in [0.2, 0.25) is 0 Å². The van der Waals surface area contributed by atoms with Crippen LogP contribution in [0.2, 0.25) is 0 Å². The van der Waals surface area contributed by atoms with Gasteiger partial charge in [-0.2, -0.15) is 0 Å². The molecule has 1 aromatic rings. The lowest BCUT2D eigenvalue weighted by atomic mass is 10.1. The Morgan fingerprint density at radius 1 is 1.43 bits per heavy atom. The molecule has 0 unspecified atom stereocenters. The number of para-hydroxylation sites is 1. The lowest BCUT2D eigenvalue weighted by Crippen LogP contribution is -2.23. The topological polar surface area (TPSA) is 78.8 Å². The van der Waals surface area contributed by atoms with Crippen LogP contribution in [-0.4, -0.2) is 23.3 Å². The van der Waals surface area contributed by atoms with E-state index in [9.17, 15) is 4.79 Å². The lowest BCUT2D eigenvalue weighted by Gasteiger charge is -2.08. The number of carbonyl (C=O) groups excluding carboxylic acids is 1. The molecule has 7 heteroatoms. The summed E-state index contributed by atoms with van der Waals surface area (Å²) < 4.78 is 6.69. The zero-order chi connectivity index (χ0) is 10.6. The summed E-state index contributed by atoms with van der Waals surface area (Å²) in [6.07, 6.45) is 0. The number of carbonyl (C=O) groups is 1. The molecular weight excluding hydrogens is 205 g/mol. The van der Waals surface area contributed by atoms with Gasteiger partial charge in [0.15, 0.2) is 0 Å². The van der Waals surface area contributed by atoms with Crippen molar-refractivity contribution in [3.8, 4) is 5.75 Å². The molecule has 0 bridgehead atoms. The summed E-state index contributed by atoms with van der Waals surface area (Å²) >= 11 is 3.58. The van der Waals surface area contributed by atoms with E-state index in [0.717, 1.165) is 0 Å². The smallest absolute Gasteiger partial charge is 0.511 e. The van der Waals surface area contributed by atoms with E-state index in [1.165, 1.54) is 12.1 Å². The molecule has 0 saturated heterocycles. The van der Waals surface area contributed by atoms with E-state index in [1.807, 2.05) is 0 Å². The Bertz CT molecular complexity index is 333. The van der Waals surface area contributed by atoms with Crippen molar-refractivity contribution in [3.63, 3.8) is 0 Å². The summed E-state index contributed by atoms with van der Waals surface area (Å²) in [6.45, 7) is 0. The zero-order valence-electron chi connectivity index (χ0n) is 7.04. The minimum absolute atomic E-state index is 0.0778. The van der Waals surface area contributed by atoms with E-state index >= 15 is 0 Å². The second-order valence-corrected chi connectivity index (χ2v) is 2.60. The van der Waals surface area contributed by atoms with Gasteiger partial charge >= 0.3 is 7.32 Å². The molecule has 1 aromatic carbocycles. The number of nitrogens with one attached hydrogen (secondary N) is 1. The van der Waals surface area contributed by atoms with Crippen LogP contribution in [0.15, 0.2) is 24.3 Å². The van der Waals surface area contributed by atoms with Crippen LogP contribution >= 0.6 is 12.8 Å². The Morgan fingerprint density at radius 2 is 2.07 bits per heavy atom. The van der Waals surface area contributed by atoms with Gasteiger partial charge in [0.1, 0.15) is 5.75 Å². The standard InChI is InChI=1S/C7H8BNO4S/c10-7(9-14)5-3-1-2-4-6(5)13-8(11)12/h1-4,11-12,14H,(H,9,10). The molecule has 0 fully saturated rings. The predicted octanol–water partition coefficient (Wildman–Crippen LogP) is -0.391. The Balaban J connectivity index is 2.97. The highest BCUT2D eigenvalue weighted by molar-refractivity contribution is 7.78. The minimum Gasteiger partial charge on any atom is -0.511 e. The molecule has 0 aliphatic heterocycles. The van der Waals surface area contributed by atoms with E-state index in [-0.39, 0.29) is 11.3 Å². The molecule has 74 valence electrons. The minimum atomic E-state index is -1.95. The quantitative estimate of drug-likeness (QED) is 0.407. The molecule has 14 heavy (non-hydrogen) atoms. The molecule has 0 saturated carbocycles. The molecule has 0 heterocycles. The molecule has 1 rings (SSSR count). The van der Waals surface area contributed by atoms with Crippen molar-refractivity contribution in [2.45, 2.75) is 0 Å². The third kappa shape index (κ3) is 2.66. The lowest BCUT2D eigenvalue weighted by molar-refractivity contribution is 0.0983. The van der Waals surface area contributed by atoms with Crippen molar-refractivity contribution in [2.75, 3.05) is 0 Å². The van der Waals surface area contributed by atoms with Gasteiger partial charge in [-0.05, 0) is 12.1 Å². The highest BCUT2D eigenvalue weighted by atomic mass is 32.1. The maximum absolute atomic E-state index is 11.2. The average Bonchev–Trinajstić information content (AvgIpc) is 2.16. The summed E-state index contributed by atoms with van der Waals surface area (Å²) in [5.41, 5.74) is 0.176. The fourth-order valence-electron chi connectivity index (χ4n) is 0.931.